The molecule has 2 nitrogen and oxygen atoms in total. The van der Waals surface area contributed by atoms with E-state index < -0.39 is 0 Å². The maximum Gasteiger partial charge on any atom is 0.0811 e. The number of aryl methyl sites for hydroxylation is 1. The van der Waals surface area contributed by atoms with Gasteiger partial charge in [-0.05, 0) is 39.8 Å². The molecule has 0 amide bonds. The molecule has 0 saturated carbocycles. The van der Waals surface area contributed by atoms with Crippen molar-refractivity contribution in [2.75, 3.05) is 0 Å². The van der Waals surface area contributed by atoms with Crippen molar-refractivity contribution in [2.45, 2.75) is 33.2 Å². The van der Waals surface area contributed by atoms with Gasteiger partial charge in [0, 0.05) is 11.9 Å². The molecule has 1 heterocycles. The van der Waals surface area contributed by atoms with Crippen LogP contribution in [0.5, 0.6) is 0 Å². The third kappa shape index (κ3) is 3.83. The molecule has 0 N–H and O–H groups in total. The Morgan fingerprint density at radius 2 is 2.00 bits per heavy atom. The number of hydrogen-bond donors (Lipinski definition) is 0. The van der Waals surface area contributed by atoms with Crippen LogP contribution in [0.3, 0.4) is 0 Å². The third-order valence-corrected chi connectivity index (χ3v) is 1.49. The second kappa shape index (κ2) is 3.69. The van der Waals surface area contributed by atoms with Gasteiger partial charge < -0.3 is 0 Å². The molecule has 0 spiro atoms. The zero-order valence-corrected chi connectivity index (χ0v) is 8.70. The molecule has 1 aromatic heterocycles. The molecule has 0 radical (unpaired) electrons. The topological polar surface area (TPSA) is 25.2 Å². The minimum absolute atomic E-state index is 0.0224. The summed E-state index contributed by atoms with van der Waals surface area (Å²) in [6.45, 7) is 8.19. The van der Waals surface area contributed by atoms with E-state index in [1.54, 1.807) is 0 Å². The predicted molar refractivity (Wildman–Crippen MR) is 56.3 cm³/mol. The molecular weight excluding hydrogens is 160 g/mol. The summed E-state index contributed by atoms with van der Waals surface area (Å²) in [5, 5.41) is 0. The fourth-order valence-corrected chi connectivity index (χ4v) is 0.896. The second-order valence-electron chi connectivity index (χ2n) is 4.13. The van der Waals surface area contributed by atoms with Crippen molar-refractivity contribution in [3.63, 3.8) is 0 Å². The zero-order chi connectivity index (χ0) is 9.90. The van der Waals surface area contributed by atoms with Crippen LogP contribution in [0.25, 0.3) is 0 Å². The van der Waals surface area contributed by atoms with Crippen molar-refractivity contribution in [1.29, 1.82) is 0 Å². The number of rotatable bonds is 1. The minimum atomic E-state index is -0.0224. The molecule has 2 heteroatoms. The van der Waals surface area contributed by atoms with E-state index in [0.29, 0.717) is 0 Å². The van der Waals surface area contributed by atoms with Crippen molar-refractivity contribution in [1.82, 2.24) is 4.98 Å². The number of nitrogens with zero attached hydrogens (tertiary/aromatic N) is 2. The second-order valence-corrected chi connectivity index (χ2v) is 4.13. The molecule has 0 unspecified atom stereocenters. The van der Waals surface area contributed by atoms with Gasteiger partial charge in [-0.15, -0.1) is 0 Å². The van der Waals surface area contributed by atoms with Crippen LogP contribution < -0.4 is 0 Å². The molecule has 1 aromatic rings. The smallest absolute Gasteiger partial charge is 0.0811 e. The third-order valence-electron chi connectivity index (χ3n) is 1.49. The van der Waals surface area contributed by atoms with E-state index in [1.165, 1.54) is 0 Å². The molecule has 0 aliphatic carbocycles. The normalized spacial score (nSPS) is 12.3. The molecule has 0 bridgehead atoms. The van der Waals surface area contributed by atoms with Crippen molar-refractivity contribution in [3.8, 4) is 0 Å². The molecule has 1 rings (SSSR count). The van der Waals surface area contributed by atoms with Gasteiger partial charge in [-0.3, -0.25) is 9.98 Å². The van der Waals surface area contributed by atoms with Crippen LogP contribution in [-0.4, -0.2) is 16.7 Å². The number of pyridine rings is 1. The largest absolute Gasteiger partial charge is 0.285 e. The monoisotopic (exact) mass is 176 g/mol. The fourth-order valence-electron chi connectivity index (χ4n) is 0.896. The fraction of sp³-hybridized carbons (Fsp3) is 0.455. The summed E-state index contributed by atoms with van der Waals surface area (Å²) in [4.78, 5) is 8.71. The van der Waals surface area contributed by atoms with Crippen LogP contribution in [0.15, 0.2) is 23.2 Å². The van der Waals surface area contributed by atoms with Crippen molar-refractivity contribution in [2.24, 2.45) is 4.99 Å². The van der Waals surface area contributed by atoms with Gasteiger partial charge in [0.05, 0.1) is 11.2 Å². The molecule has 0 aliphatic heterocycles. The van der Waals surface area contributed by atoms with Gasteiger partial charge in [0.25, 0.3) is 0 Å². The average Bonchev–Trinajstić information content (AvgIpc) is 2.00. The molecule has 13 heavy (non-hydrogen) atoms. The van der Waals surface area contributed by atoms with Gasteiger partial charge in [-0.2, -0.15) is 0 Å². The lowest BCUT2D eigenvalue weighted by Gasteiger charge is -2.10. The highest BCUT2D eigenvalue weighted by atomic mass is 14.8. The Morgan fingerprint density at radius 1 is 1.31 bits per heavy atom. The van der Waals surface area contributed by atoms with Crippen LogP contribution in [0, 0.1) is 6.92 Å². The predicted octanol–water partition coefficient (Wildman–Crippen LogP) is 2.61. The van der Waals surface area contributed by atoms with Gasteiger partial charge in [-0.1, -0.05) is 6.07 Å². The Bertz CT molecular complexity index is 308. The van der Waals surface area contributed by atoms with Gasteiger partial charge in [-0.25, -0.2) is 0 Å². The Hall–Kier alpha value is -1.18. The highest BCUT2D eigenvalue weighted by molar-refractivity contribution is 5.77. The average molecular weight is 176 g/mol. The summed E-state index contributed by atoms with van der Waals surface area (Å²) in [6, 6.07) is 5.93. The summed E-state index contributed by atoms with van der Waals surface area (Å²) in [7, 11) is 0. The SMILES string of the molecule is Cc1cccc(C=NC(C)(C)C)n1. The van der Waals surface area contributed by atoms with Gasteiger partial charge >= 0.3 is 0 Å². The number of hydrogen-bond acceptors (Lipinski definition) is 2. The quantitative estimate of drug-likeness (QED) is 0.604. The van der Waals surface area contributed by atoms with Gasteiger partial charge in [0.1, 0.15) is 0 Å². The molecule has 0 fully saturated rings. The van der Waals surface area contributed by atoms with E-state index in [4.69, 9.17) is 0 Å². The summed E-state index contributed by atoms with van der Waals surface area (Å²) in [6.07, 6.45) is 1.83. The molecule has 70 valence electrons. The van der Waals surface area contributed by atoms with Crippen molar-refractivity contribution >= 4 is 6.21 Å². The molecule has 0 atom stereocenters. The first-order valence-electron chi connectivity index (χ1n) is 4.46. The van der Waals surface area contributed by atoms with Crippen LogP contribution in [0.2, 0.25) is 0 Å². The van der Waals surface area contributed by atoms with Crippen molar-refractivity contribution in [3.05, 3.63) is 29.6 Å². The Balaban J connectivity index is 2.80. The maximum absolute atomic E-state index is 4.38. The summed E-state index contributed by atoms with van der Waals surface area (Å²) < 4.78 is 0. The summed E-state index contributed by atoms with van der Waals surface area (Å²) in [5.74, 6) is 0. The lowest BCUT2D eigenvalue weighted by molar-refractivity contribution is 0.586. The van der Waals surface area contributed by atoms with Crippen molar-refractivity contribution < 1.29 is 0 Å². The molecular formula is C11H16N2. The minimum Gasteiger partial charge on any atom is -0.285 e. The number of aliphatic imine (C=N–C) groups is 1. The van der Waals surface area contributed by atoms with E-state index in [0.717, 1.165) is 11.4 Å². The highest BCUT2D eigenvalue weighted by Gasteiger charge is 2.04. The Labute approximate surface area is 79.7 Å². The maximum atomic E-state index is 4.38. The first kappa shape index (κ1) is 9.90. The van der Waals surface area contributed by atoms with E-state index in [1.807, 2.05) is 31.3 Å². The first-order chi connectivity index (χ1) is 5.97. The molecule has 0 aromatic carbocycles. The van der Waals surface area contributed by atoms with Crippen LogP contribution >= 0.6 is 0 Å². The Kier molecular flexibility index (Phi) is 2.81. The van der Waals surface area contributed by atoms with Crippen LogP contribution in [0.1, 0.15) is 32.2 Å². The molecule has 0 aliphatic rings. The van der Waals surface area contributed by atoms with Crippen LogP contribution in [0.4, 0.5) is 0 Å². The molecule has 0 saturated heterocycles. The standard InChI is InChI=1S/C11H16N2/c1-9-6-5-7-10(13-9)8-12-11(2,3)4/h5-8H,1-4H3. The zero-order valence-electron chi connectivity index (χ0n) is 8.70. The van der Waals surface area contributed by atoms with E-state index in [2.05, 4.69) is 30.7 Å². The lowest BCUT2D eigenvalue weighted by atomic mass is 10.1. The Morgan fingerprint density at radius 3 is 2.54 bits per heavy atom. The van der Waals surface area contributed by atoms with Gasteiger partial charge in [0.2, 0.25) is 0 Å². The van der Waals surface area contributed by atoms with Crippen LogP contribution in [-0.2, 0) is 0 Å². The summed E-state index contributed by atoms with van der Waals surface area (Å²) >= 11 is 0. The van der Waals surface area contributed by atoms with Gasteiger partial charge in [0.15, 0.2) is 0 Å². The highest BCUT2D eigenvalue weighted by Crippen LogP contribution is 2.06. The lowest BCUT2D eigenvalue weighted by Crippen LogP contribution is -2.09. The summed E-state index contributed by atoms with van der Waals surface area (Å²) in [5.41, 5.74) is 1.93. The van der Waals surface area contributed by atoms with E-state index >= 15 is 0 Å². The van der Waals surface area contributed by atoms with E-state index in [9.17, 15) is 0 Å². The van der Waals surface area contributed by atoms with E-state index in [-0.39, 0.29) is 5.54 Å². The number of aromatic nitrogens is 1. The first-order valence-corrected chi connectivity index (χ1v) is 4.46.